The van der Waals surface area contributed by atoms with E-state index in [0.717, 1.165) is 43.4 Å². The molecule has 0 atom stereocenters. The van der Waals surface area contributed by atoms with E-state index in [4.69, 9.17) is 4.74 Å². The summed E-state index contributed by atoms with van der Waals surface area (Å²) in [6, 6.07) is 7.42. The summed E-state index contributed by atoms with van der Waals surface area (Å²) in [5.41, 5.74) is 2.02. The zero-order valence-corrected chi connectivity index (χ0v) is 14.0. The average molecular weight is 340 g/mol. The van der Waals surface area contributed by atoms with Crippen molar-refractivity contribution in [2.45, 2.75) is 43.4 Å². The molecule has 2 saturated carbocycles. The first-order valence-corrected chi connectivity index (χ1v) is 8.55. The third-order valence-corrected chi connectivity index (χ3v) is 5.21. The lowest BCUT2D eigenvalue weighted by Crippen LogP contribution is -2.43. The van der Waals surface area contributed by atoms with E-state index in [-0.39, 0.29) is 11.9 Å². The topological polar surface area (TPSA) is 97.0 Å². The quantitative estimate of drug-likeness (QED) is 0.815. The lowest BCUT2D eigenvalue weighted by Gasteiger charge is -2.39. The summed E-state index contributed by atoms with van der Waals surface area (Å²) in [7, 11) is 1.41. The lowest BCUT2D eigenvalue weighted by molar-refractivity contribution is -0.151. The monoisotopic (exact) mass is 340 g/mol. The van der Waals surface area contributed by atoms with E-state index in [0.29, 0.717) is 17.3 Å². The van der Waals surface area contributed by atoms with Crippen LogP contribution in [-0.2, 0) is 14.9 Å². The zero-order valence-electron chi connectivity index (χ0n) is 14.0. The average Bonchev–Trinajstić information content (AvgIpc) is 3.30. The van der Waals surface area contributed by atoms with Gasteiger partial charge in [-0.05, 0) is 43.4 Å². The van der Waals surface area contributed by atoms with Gasteiger partial charge in [-0.25, -0.2) is 0 Å². The molecule has 7 nitrogen and oxygen atoms in total. The van der Waals surface area contributed by atoms with Crippen LogP contribution in [0.1, 0.15) is 59.8 Å². The van der Waals surface area contributed by atoms with Crippen LogP contribution in [0.3, 0.4) is 0 Å². The van der Waals surface area contributed by atoms with E-state index in [1.807, 2.05) is 24.3 Å². The molecule has 0 spiro atoms. The molecule has 0 saturated heterocycles. The highest BCUT2D eigenvalue weighted by molar-refractivity contribution is 6.03. The van der Waals surface area contributed by atoms with Gasteiger partial charge in [-0.2, -0.15) is 15.4 Å². The molecule has 1 heterocycles. The number of benzene rings is 1. The number of carbonyl (C=O) groups excluding carboxylic acids is 2. The van der Waals surface area contributed by atoms with Crippen molar-refractivity contribution in [3.8, 4) is 0 Å². The van der Waals surface area contributed by atoms with Crippen molar-refractivity contribution < 1.29 is 14.3 Å². The highest BCUT2D eigenvalue weighted by Crippen LogP contribution is 2.45. The van der Waals surface area contributed by atoms with Gasteiger partial charge < -0.3 is 10.1 Å². The molecular formula is C18H20N4O3. The Labute approximate surface area is 145 Å². The lowest BCUT2D eigenvalue weighted by atomic mass is 9.64. The van der Waals surface area contributed by atoms with Crippen molar-refractivity contribution >= 4 is 17.6 Å². The maximum absolute atomic E-state index is 12.5. The van der Waals surface area contributed by atoms with Crippen LogP contribution < -0.4 is 5.32 Å². The highest BCUT2D eigenvalue weighted by atomic mass is 16.5. The second-order valence-corrected chi connectivity index (χ2v) is 6.79. The van der Waals surface area contributed by atoms with E-state index in [2.05, 4.69) is 20.7 Å². The minimum atomic E-state index is -0.581. The summed E-state index contributed by atoms with van der Waals surface area (Å²) in [5, 5.41) is 13.5. The van der Waals surface area contributed by atoms with Crippen LogP contribution in [0.5, 0.6) is 0 Å². The molecule has 2 aliphatic carbocycles. The van der Waals surface area contributed by atoms with Gasteiger partial charge in [-0.1, -0.05) is 18.6 Å². The predicted molar refractivity (Wildman–Crippen MR) is 90.3 cm³/mol. The fraction of sp³-hybridized carbons (Fsp3) is 0.444. The number of ether oxygens (including phenoxy) is 1. The van der Waals surface area contributed by atoms with Crippen LogP contribution in [0, 0.1) is 0 Å². The number of esters is 1. The van der Waals surface area contributed by atoms with Crippen LogP contribution in [0.2, 0.25) is 0 Å². The molecule has 2 aromatic rings. The molecule has 1 amide bonds. The summed E-state index contributed by atoms with van der Waals surface area (Å²) in [4.78, 5) is 24.8. The Morgan fingerprint density at radius 2 is 2.08 bits per heavy atom. The molecule has 2 aliphatic rings. The van der Waals surface area contributed by atoms with Gasteiger partial charge in [0.2, 0.25) is 0 Å². The number of nitrogens with one attached hydrogen (secondary N) is 2. The number of carbonyl (C=O) groups is 2. The van der Waals surface area contributed by atoms with E-state index in [9.17, 15) is 9.59 Å². The number of hydrogen-bond acceptors (Lipinski definition) is 5. The third kappa shape index (κ3) is 2.69. The number of aromatic amines is 1. The van der Waals surface area contributed by atoms with Crippen molar-refractivity contribution in [3.63, 3.8) is 0 Å². The first-order chi connectivity index (χ1) is 12.1. The molecule has 1 aromatic heterocycles. The fourth-order valence-electron chi connectivity index (χ4n) is 3.47. The Hall–Kier alpha value is -2.70. The van der Waals surface area contributed by atoms with E-state index >= 15 is 0 Å². The molecule has 0 bridgehead atoms. The van der Waals surface area contributed by atoms with Gasteiger partial charge in [-0.15, -0.1) is 0 Å². The summed E-state index contributed by atoms with van der Waals surface area (Å²) < 4.78 is 4.99. The molecule has 2 N–H and O–H groups in total. The van der Waals surface area contributed by atoms with Crippen LogP contribution >= 0.6 is 0 Å². The van der Waals surface area contributed by atoms with E-state index in [1.54, 1.807) is 0 Å². The predicted octanol–water partition coefficient (Wildman–Crippen LogP) is 2.53. The van der Waals surface area contributed by atoms with Gasteiger partial charge in [0.1, 0.15) is 0 Å². The first-order valence-electron chi connectivity index (χ1n) is 8.55. The Morgan fingerprint density at radius 1 is 1.28 bits per heavy atom. The Balaban J connectivity index is 1.56. The molecule has 4 rings (SSSR count). The third-order valence-electron chi connectivity index (χ3n) is 5.21. The molecule has 130 valence electrons. The van der Waals surface area contributed by atoms with Crippen LogP contribution in [0.15, 0.2) is 24.3 Å². The number of anilines is 1. The normalized spacial score (nSPS) is 18.3. The number of methoxy groups -OCH3 is 1. The second-order valence-electron chi connectivity index (χ2n) is 6.79. The van der Waals surface area contributed by atoms with Crippen molar-refractivity contribution in [2.24, 2.45) is 0 Å². The molecule has 0 radical (unpaired) electrons. The molecule has 2 fully saturated rings. The van der Waals surface area contributed by atoms with Gasteiger partial charge >= 0.3 is 5.97 Å². The largest absolute Gasteiger partial charge is 0.468 e. The molecule has 0 aliphatic heterocycles. The Kier molecular flexibility index (Phi) is 3.78. The highest BCUT2D eigenvalue weighted by Gasteiger charge is 2.46. The number of H-pyrrole nitrogens is 1. The van der Waals surface area contributed by atoms with Gasteiger partial charge in [0, 0.05) is 11.6 Å². The smallest absolute Gasteiger partial charge is 0.316 e. The van der Waals surface area contributed by atoms with Crippen LogP contribution in [0.4, 0.5) is 5.69 Å². The van der Waals surface area contributed by atoms with Crippen LogP contribution in [-0.4, -0.2) is 34.4 Å². The number of nitrogens with zero attached hydrogens (tertiary/aromatic N) is 2. The number of aromatic nitrogens is 3. The van der Waals surface area contributed by atoms with Crippen molar-refractivity contribution in [1.82, 2.24) is 15.4 Å². The number of hydrogen-bond donors (Lipinski definition) is 2. The molecule has 25 heavy (non-hydrogen) atoms. The number of amides is 1. The fourth-order valence-corrected chi connectivity index (χ4v) is 3.47. The van der Waals surface area contributed by atoms with Gasteiger partial charge in [0.25, 0.3) is 5.91 Å². The SMILES string of the molecule is COC(=O)C1(c2cccc(NC(=O)c3n[nH]nc3C3CC3)c2)CCC1. The van der Waals surface area contributed by atoms with Crippen molar-refractivity contribution in [3.05, 3.63) is 41.2 Å². The van der Waals surface area contributed by atoms with Gasteiger partial charge in [-0.3, -0.25) is 9.59 Å². The molecule has 0 unspecified atom stereocenters. The first kappa shape index (κ1) is 15.8. The maximum Gasteiger partial charge on any atom is 0.316 e. The van der Waals surface area contributed by atoms with E-state index < -0.39 is 5.41 Å². The van der Waals surface area contributed by atoms with Crippen LogP contribution in [0.25, 0.3) is 0 Å². The van der Waals surface area contributed by atoms with Crippen molar-refractivity contribution in [2.75, 3.05) is 12.4 Å². The van der Waals surface area contributed by atoms with Gasteiger partial charge in [0.05, 0.1) is 18.2 Å². The standard InChI is InChI=1S/C18H20N4O3/c1-25-17(24)18(8-3-9-18)12-4-2-5-13(10-12)19-16(23)15-14(11-6-7-11)20-22-21-15/h2,4-5,10-11H,3,6-9H2,1H3,(H,19,23)(H,20,21,22). The molecule has 7 heteroatoms. The minimum absolute atomic E-state index is 0.213. The molecular weight excluding hydrogens is 320 g/mol. The summed E-state index contributed by atoms with van der Waals surface area (Å²) >= 11 is 0. The summed E-state index contributed by atoms with van der Waals surface area (Å²) in [6.45, 7) is 0. The maximum atomic E-state index is 12.5. The zero-order chi connectivity index (χ0) is 17.4. The Bertz CT molecular complexity index is 821. The Morgan fingerprint density at radius 3 is 2.72 bits per heavy atom. The van der Waals surface area contributed by atoms with E-state index in [1.165, 1.54) is 7.11 Å². The summed E-state index contributed by atoms with van der Waals surface area (Å²) in [6.07, 6.45) is 4.63. The summed E-state index contributed by atoms with van der Waals surface area (Å²) in [5.74, 6) is -0.160. The van der Waals surface area contributed by atoms with Crippen molar-refractivity contribution in [1.29, 1.82) is 0 Å². The molecule has 1 aromatic carbocycles. The second kappa shape index (κ2) is 5.98. The van der Waals surface area contributed by atoms with Gasteiger partial charge in [0.15, 0.2) is 5.69 Å². The number of rotatable bonds is 5. The minimum Gasteiger partial charge on any atom is -0.468 e.